The van der Waals surface area contributed by atoms with Crippen molar-refractivity contribution in [2.45, 2.75) is 32.7 Å². The third-order valence-corrected chi connectivity index (χ3v) is 3.12. The second-order valence-electron chi connectivity index (χ2n) is 4.43. The summed E-state index contributed by atoms with van der Waals surface area (Å²) in [6.07, 6.45) is 2.51. The summed E-state index contributed by atoms with van der Waals surface area (Å²) in [4.78, 5) is 16.7. The number of carbonyl (C=O) groups is 1. The van der Waals surface area contributed by atoms with Crippen LogP contribution in [0.2, 0.25) is 0 Å². The summed E-state index contributed by atoms with van der Waals surface area (Å²) in [6, 6.07) is 3.42. The highest BCUT2D eigenvalue weighted by Crippen LogP contribution is 2.24. The van der Waals surface area contributed by atoms with Gasteiger partial charge in [-0.3, -0.25) is 0 Å². The van der Waals surface area contributed by atoms with Gasteiger partial charge in [-0.1, -0.05) is 6.92 Å². The summed E-state index contributed by atoms with van der Waals surface area (Å²) in [6.45, 7) is 6.34. The number of hydrogen-bond donors (Lipinski definition) is 1. The van der Waals surface area contributed by atoms with Crippen molar-refractivity contribution in [3.05, 3.63) is 24.0 Å². The SMILES string of the molecule is CCC(C)(C)N(C)c1ccnc(C(=O)O)c1. The highest BCUT2D eigenvalue weighted by molar-refractivity contribution is 5.86. The minimum atomic E-state index is -0.996. The molecule has 0 amide bonds. The van der Waals surface area contributed by atoms with Crippen LogP contribution in [-0.2, 0) is 0 Å². The van der Waals surface area contributed by atoms with Crippen molar-refractivity contribution in [2.24, 2.45) is 0 Å². The van der Waals surface area contributed by atoms with Gasteiger partial charge in [0.25, 0.3) is 0 Å². The van der Waals surface area contributed by atoms with Crippen LogP contribution in [0, 0.1) is 0 Å². The molecule has 0 fully saturated rings. The van der Waals surface area contributed by atoms with E-state index in [4.69, 9.17) is 5.11 Å². The molecule has 0 bridgehead atoms. The van der Waals surface area contributed by atoms with Gasteiger partial charge in [0.05, 0.1) is 0 Å². The van der Waals surface area contributed by atoms with Crippen LogP contribution in [0.5, 0.6) is 0 Å². The zero-order valence-corrected chi connectivity index (χ0v) is 10.2. The lowest BCUT2D eigenvalue weighted by atomic mass is 9.99. The molecule has 1 N–H and O–H groups in total. The fourth-order valence-corrected chi connectivity index (χ4v) is 1.33. The highest BCUT2D eigenvalue weighted by atomic mass is 16.4. The number of aromatic carboxylic acids is 1. The standard InChI is InChI=1S/C12H18N2O2/c1-5-12(2,3)14(4)9-6-7-13-10(8-9)11(15)16/h6-8H,5H2,1-4H3,(H,15,16). The van der Waals surface area contributed by atoms with Gasteiger partial charge in [-0.15, -0.1) is 0 Å². The van der Waals surface area contributed by atoms with Crippen LogP contribution in [-0.4, -0.2) is 28.6 Å². The Morgan fingerprint density at radius 3 is 2.69 bits per heavy atom. The van der Waals surface area contributed by atoms with Gasteiger partial charge in [0.15, 0.2) is 0 Å². The lowest BCUT2D eigenvalue weighted by Gasteiger charge is -2.36. The van der Waals surface area contributed by atoms with Crippen molar-refractivity contribution >= 4 is 11.7 Å². The molecule has 0 saturated carbocycles. The fourth-order valence-electron chi connectivity index (χ4n) is 1.33. The molecule has 1 rings (SSSR count). The quantitative estimate of drug-likeness (QED) is 0.850. The van der Waals surface area contributed by atoms with Crippen LogP contribution in [0.3, 0.4) is 0 Å². The first kappa shape index (κ1) is 12.5. The summed E-state index contributed by atoms with van der Waals surface area (Å²) in [7, 11) is 1.96. The van der Waals surface area contributed by atoms with Gasteiger partial charge in [0, 0.05) is 24.5 Å². The maximum absolute atomic E-state index is 10.8. The smallest absolute Gasteiger partial charge is 0.354 e. The average molecular weight is 222 g/mol. The largest absolute Gasteiger partial charge is 0.477 e. The van der Waals surface area contributed by atoms with E-state index in [1.807, 2.05) is 13.1 Å². The lowest BCUT2D eigenvalue weighted by molar-refractivity contribution is 0.0690. The number of pyridine rings is 1. The molecule has 0 aliphatic heterocycles. The maximum Gasteiger partial charge on any atom is 0.354 e. The summed E-state index contributed by atoms with van der Waals surface area (Å²) < 4.78 is 0. The van der Waals surface area contributed by atoms with Gasteiger partial charge in [-0.05, 0) is 32.4 Å². The van der Waals surface area contributed by atoms with Crippen LogP contribution in [0.4, 0.5) is 5.69 Å². The van der Waals surface area contributed by atoms with E-state index in [0.29, 0.717) is 0 Å². The first-order valence-corrected chi connectivity index (χ1v) is 5.31. The van der Waals surface area contributed by atoms with E-state index in [1.54, 1.807) is 6.07 Å². The van der Waals surface area contributed by atoms with Crippen molar-refractivity contribution in [3.63, 3.8) is 0 Å². The monoisotopic (exact) mass is 222 g/mol. The summed E-state index contributed by atoms with van der Waals surface area (Å²) in [5.74, 6) is -0.996. The van der Waals surface area contributed by atoms with Gasteiger partial charge < -0.3 is 10.0 Å². The van der Waals surface area contributed by atoms with E-state index in [9.17, 15) is 4.79 Å². The predicted molar refractivity (Wildman–Crippen MR) is 64.0 cm³/mol. The normalized spacial score (nSPS) is 11.2. The van der Waals surface area contributed by atoms with Crippen LogP contribution in [0.25, 0.3) is 0 Å². The van der Waals surface area contributed by atoms with Gasteiger partial charge in [0.2, 0.25) is 0 Å². The maximum atomic E-state index is 10.8. The molecule has 1 aromatic heterocycles. The number of carboxylic acid groups (broad SMARTS) is 1. The number of hydrogen-bond acceptors (Lipinski definition) is 3. The lowest BCUT2D eigenvalue weighted by Crippen LogP contribution is -2.40. The van der Waals surface area contributed by atoms with Crippen molar-refractivity contribution in [2.75, 3.05) is 11.9 Å². The Labute approximate surface area is 95.9 Å². The first-order valence-electron chi connectivity index (χ1n) is 5.31. The number of rotatable bonds is 4. The number of carboxylic acids is 1. The van der Waals surface area contributed by atoms with Crippen LogP contribution in [0.1, 0.15) is 37.7 Å². The van der Waals surface area contributed by atoms with E-state index in [1.165, 1.54) is 6.20 Å². The first-order chi connectivity index (χ1) is 7.38. The van der Waals surface area contributed by atoms with Crippen LogP contribution >= 0.6 is 0 Å². The van der Waals surface area contributed by atoms with Crippen LogP contribution in [0.15, 0.2) is 18.3 Å². The Morgan fingerprint density at radius 2 is 2.19 bits per heavy atom. The molecule has 16 heavy (non-hydrogen) atoms. The van der Waals surface area contributed by atoms with Crippen LogP contribution < -0.4 is 4.90 Å². The second-order valence-corrected chi connectivity index (χ2v) is 4.43. The van der Waals surface area contributed by atoms with Crippen molar-refractivity contribution < 1.29 is 9.90 Å². The predicted octanol–water partition coefficient (Wildman–Crippen LogP) is 2.40. The molecule has 0 aromatic carbocycles. The molecular formula is C12H18N2O2. The van der Waals surface area contributed by atoms with Gasteiger partial charge in [-0.25, -0.2) is 9.78 Å². The van der Waals surface area contributed by atoms with E-state index >= 15 is 0 Å². The minimum absolute atomic E-state index is 0.00285. The van der Waals surface area contributed by atoms with Crippen molar-refractivity contribution in [3.8, 4) is 0 Å². The molecule has 0 aliphatic carbocycles. The summed E-state index contributed by atoms with van der Waals surface area (Å²) >= 11 is 0. The Bertz CT molecular complexity index is 388. The third kappa shape index (κ3) is 2.51. The molecule has 1 heterocycles. The third-order valence-electron chi connectivity index (χ3n) is 3.12. The molecule has 0 atom stereocenters. The average Bonchev–Trinajstić information content (AvgIpc) is 2.28. The molecule has 0 spiro atoms. The number of nitrogens with zero attached hydrogens (tertiary/aromatic N) is 2. The van der Waals surface area contributed by atoms with Gasteiger partial charge in [0.1, 0.15) is 5.69 Å². The van der Waals surface area contributed by atoms with Crippen molar-refractivity contribution in [1.29, 1.82) is 0 Å². The molecular weight excluding hydrogens is 204 g/mol. The Kier molecular flexibility index (Phi) is 3.52. The Morgan fingerprint density at radius 1 is 1.56 bits per heavy atom. The van der Waals surface area contributed by atoms with E-state index in [0.717, 1.165) is 12.1 Å². The molecule has 1 aromatic rings. The van der Waals surface area contributed by atoms with Gasteiger partial charge in [-0.2, -0.15) is 0 Å². The number of anilines is 1. The zero-order chi connectivity index (χ0) is 12.3. The highest BCUT2D eigenvalue weighted by Gasteiger charge is 2.22. The zero-order valence-electron chi connectivity index (χ0n) is 10.2. The molecule has 88 valence electrons. The minimum Gasteiger partial charge on any atom is -0.477 e. The number of aromatic nitrogens is 1. The fraction of sp³-hybridized carbons (Fsp3) is 0.500. The molecule has 0 aliphatic rings. The van der Waals surface area contributed by atoms with E-state index in [2.05, 4.69) is 30.7 Å². The Balaban J connectivity index is 3.05. The summed E-state index contributed by atoms with van der Waals surface area (Å²) in [5, 5.41) is 8.87. The van der Waals surface area contributed by atoms with E-state index in [-0.39, 0.29) is 11.2 Å². The summed E-state index contributed by atoms with van der Waals surface area (Å²) in [5.41, 5.74) is 0.951. The molecule has 0 saturated heterocycles. The second kappa shape index (κ2) is 4.51. The van der Waals surface area contributed by atoms with Crippen molar-refractivity contribution in [1.82, 2.24) is 4.98 Å². The van der Waals surface area contributed by atoms with Gasteiger partial charge >= 0.3 is 5.97 Å². The topological polar surface area (TPSA) is 53.4 Å². The van der Waals surface area contributed by atoms with E-state index < -0.39 is 5.97 Å². The molecule has 4 heteroatoms. The molecule has 0 unspecified atom stereocenters. The Hall–Kier alpha value is -1.58. The molecule has 4 nitrogen and oxygen atoms in total. The molecule has 0 radical (unpaired) electrons.